The molecule has 2 aromatic carbocycles. The Bertz CT molecular complexity index is 1290. The summed E-state index contributed by atoms with van der Waals surface area (Å²) in [4.78, 5) is 8.54. The van der Waals surface area contributed by atoms with Crippen LogP contribution >= 0.6 is 0 Å². The minimum absolute atomic E-state index is 0.737. The summed E-state index contributed by atoms with van der Waals surface area (Å²) >= 11 is 0. The van der Waals surface area contributed by atoms with Crippen molar-refractivity contribution in [3.8, 4) is 0 Å². The summed E-state index contributed by atoms with van der Waals surface area (Å²) < 4.78 is 2.01. The average molecular weight is 393 g/mol. The molecule has 0 bridgehead atoms. The highest BCUT2D eigenvalue weighted by atomic mass is 15.3. The van der Waals surface area contributed by atoms with E-state index < -0.39 is 0 Å². The lowest BCUT2D eigenvalue weighted by molar-refractivity contribution is 0.712. The molecule has 0 aliphatic heterocycles. The van der Waals surface area contributed by atoms with Gasteiger partial charge in [-0.1, -0.05) is 36.4 Å². The third-order valence-corrected chi connectivity index (χ3v) is 4.79. The summed E-state index contributed by atoms with van der Waals surface area (Å²) in [6, 6.07) is 16.5. The lowest BCUT2D eigenvalue weighted by Crippen LogP contribution is -2.01. The van der Waals surface area contributed by atoms with Gasteiger partial charge in [-0.15, -0.1) is 0 Å². The number of rotatable bonds is 6. The Morgan fingerprint density at radius 3 is 2.80 bits per heavy atom. The molecule has 0 fully saturated rings. The molecule has 0 saturated heterocycles. The summed E-state index contributed by atoms with van der Waals surface area (Å²) in [6.45, 7) is 0.742. The summed E-state index contributed by atoms with van der Waals surface area (Å²) in [5, 5.41) is 15.8. The normalized spacial score (nSPS) is 11.3. The second-order valence-electron chi connectivity index (χ2n) is 6.88. The zero-order valence-electron chi connectivity index (χ0n) is 16.1. The molecule has 3 aromatic heterocycles. The molecule has 2 N–H and O–H groups in total. The van der Waals surface area contributed by atoms with Crippen LogP contribution in [0, 0.1) is 0 Å². The zero-order valence-corrected chi connectivity index (χ0v) is 16.1. The van der Waals surface area contributed by atoms with Gasteiger partial charge in [0.15, 0.2) is 0 Å². The number of fused-ring (bicyclic) bond motifs is 1. The van der Waals surface area contributed by atoms with E-state index in [1.165, 1.54) is 11.9 Å². The molecular weight excluding hydrogens is 374 g/mol. The fraction of sp³-hybridized carbons (Fsp3) is 0.0435. The van der Waals surface area contributed by atoms with E-state index in [-0.39, 0.29) is 0 Å². The standard InChI is InChI=1S/C23H19N7/c1-2-4-17(5-3-1)15-30-22-9-8-21(10-20(22)14-28-30)29-23-19(13-24-16-25-23)7-6-18-11-26-27-12-18/h1-14,16H,15H2,(H,26,27)(H,24,25,29). The first-order chi connectivity index (χ1) is 14.8. The molecule has 0 aliphatic carbocycles. The number of hydrogen-bond donors (Lipinski definition) is 2. The van der Waals surface area contributed by atoms with Gasteiger partial charge in [0.25, 0.3) is 0 Å². The van der Waals surface area contributed by atoms with Crippen LogP contribution in [0.4, 0.5) is 11.5 Å². The van der Waals surface area contributed by atoms with E-state index in [2.05, 4.69) is 54.8 Å². The molecule has 0 spiro atoms. The van der Waals surface area contributed by atoms with E-state index in [1.54, 1.807) is 12.4 Å². The van der Waals surface area contributed by atoms with Crippen LogP contribution in [0.2, 0.25) is 0 Å². The van der Waals surface area contributed by atoms with Gasteiger partial charge in [0.2, 0.25) is 0 Å². The van der Waals surface area contributed by atoms with Gasteiger partial charge in [-0.2, -0.15) is 10.2 Å². The fourth-order valence-corrected chi connectivity index (χ4v) is 3.29. The highest BCUT2D eigenvalue weighted by Gasteiger charge is 2.07. The number of hydrogen-bond acceptors (Lipinski definition) is 5. The third-order valence-electron chi connectivity index (χ3n) is 4.79. The fourth-order valence-electron chi connectivity index (χ4n) is 3.29. The second-order valence-corrected chi connectivity index (χ2v) is 6.88. The third kappa shape index (κ3) is 3.81. The van der Waals surface area contributed by atoms with E-state index in [9.17, 15) is 0 Å². The van der Waals surface area contributed by atoms with Crippen LogP contribution in [0.3, 0.4) is 0 Å². The Morgan fingerprint density at radius 2 is 1.93 bits per heavy atom. The quantitative estimate of drug-likeness (QED) is 0.443. The van der Waals surface area contributed by atoms with Crippen molar-refractivity contribution in [2.24, 2.45) is 0 Å². The first kappa shape index (κ1) is 17.8. The first-order valence-electron chi connectivity index (χ1n) is 9.58. The summed E-state index contributed by atoms with van der Waals surface area (Å²) in [5.41, 5.74) is 5.13. The smallest absolute Gasteiger partial charge is 0.141 e. The highest BCUT2D eigenvalue weighted by molar-refractivity contribution is 5.84. The molecule has 0 saturated carbocycles. The Labute approximate surface area is 173 Å². The van der Waals surface area contributed by atoms with Crippen LogP contribution in [0.1, 0.15) is 16.7 Å². The van der Waals surface area contributed by atoms with E-state index in [0.29, 0.717) is 0 Å². The van der Waals surface area contributed by atoms with E-state index in [1.807, 2.05) is 53.5 Å². The van der Waals surface area contributed by atoms with Gasteiger partial charge in [-0.05, 0) is 29.8 Å². The molecule has 5 aromatic rings. The number of anilines is 2. The zero-order chi connectivity index (χ0) is 20.2. The van der Waals surface area contributed by atoms with Crippen LogP contribution in [0.15, 0.2) is 79.6 Å². The molecule has 7 nitrogen and oxygen atoms in total. The van der Waals surface area contributed by atoms with Crippen LogP contribution in [0.25, 0.3) is 23.1 Å². The predicted molar refractivity (Wildman–Crippen MR) is 118 cm³/mol. The van der Waals surface area contributed by atoms with Gasteiger partial charge < -0.3 is 5.32 Å². The van der Waals surface area contributed by atoms with Gasteiger partial charge in [-0.3, -0.25) is 9.78 Å². The Hall–Kier alpha value is -4.26. The summed E-state index contributed by atoms with van der Waals surface area (Å²) in [7, 11) is 0. The van der Waals surface area contributed by atoms with Gasteiger partial charge in [0.1, 0.15) is 12.1 Å². The molecule has 0 atom stereocenters. The number of H-pyrrole nitrogens is 1. The molecule has 0 amide bonds. The van der Waals surface area contributed by atoms with Gasteiger partial charge in [0, 0.05) is 34.6 Å². The molecule has 30 heavy (non-hydrogen) atoms. The maximum Gasteiger partial charge on any atom is 0.141 e. The SMILES string of the molecule is C(=Cc1cncnc1Nc1ccc2c(cnn2Cc2ccccc2)c1)c1cn[nH]c1. The monoisotopic (exact) mass is 393 g/mol. The number of nitrogens with zero attached hydrogens (tertiary/aromatic N) is 5. The maximum atomic E-state index is 4.56. The van der Waals surface area contributed by atoms with Crippen LogP contribution in [-0.4, -0.2) is 29.9 Å². The van der Waals surface area contributed by atoms with Crippen molar-refractivity contribution in [3.05, 3.63) is 96.3 Å². The van der Waals surface area contributed by atoms with Crippen molar-refractivity contribution in [2.45, 2.75) is 6.54 Å². The van der Waals surface area contributed by atoms with Crippen molar-refractivity contribution in [1.29, 1.82) is 0 Å². The molecule has 7 heteroatoms. The summed E-state index contributed by atoms with van der Waals surface area (Å²) in [6.07, 6.45) is 12.7. The highest BCUT2D eigenvalue weighted by Crippen LogP contribution is 2.24. The van der Waals surface area contributed by atoms with Crippen molar-refractivity contribution in [2.75, 3.05) is 5.32 Å². The molecule has 146 valence electrons. The first-order valence-corrected chi connectivity index (χ1v) is 9.58. The van der Waals surface area contributed by atoms with Crippen molar-refractivity contribution >= 4 is 34.6 Å². The Morgan fingerprint density at radius 1 is 1.00 bits per heavy atom. The predicted octanol–water partition coefficient (Wildman–Crippen LogP) is 4.51. The molecule has 3 heterocycles. The molecule has 0 unspecified atom stereocenters. The number of benzene rings is 2. The van der Waals surface area contributed by atoms with Gasteiger partial charge in [0.05, 0.1) is 24.5 Å². The average Bonchev–Trinajstić information content (AvgIpc) is 3.44. The van der Waals surface area contributed by atoms with E-state index in [4.69, 9.17) is 0 Å². The van der Waals surface area contributed by atoms with Crippen molar-refractivity contribution in [3.63, 3.8) is 0 Å². The Balaban J connectivity index is 1.39. The number of nitrogens with one attached hydrogen (secondary N) is 2. The lowest BCUT2D eigenvalue weighted by atomic mass is 10.2. The number of aromatic amines is 1. The maximum absolute atomic E-state index is 4.56. The Kier molecular flexibility index (Phi) is 4.75. The molecule has 0 radical (unpaired) electrons. The second kappa shape index (κ2) is 8.00. The minimum atomic E-state index is 0.737. The lowest BCUT2D eigenvalue weighted by Gasteiger charge is -2.09. The topological polar surface area (TPSA) is 84.3 Å². The van der Waals surface area contributed by atoms with Crippen LogP contribution < -0.4 is 5.32 Å². The minimum Gasteiger partial charge on any atom is -0.340 e. The molecule has 5 rings (SSSR count). The van der Waals surface area contributed by atoms with Crippen LogP contribution in [0.5, 0.6) is 0 Å². The summed E-state index contributed by atoms with van der Waals surface area (Å²) in [5.74, 6) is 0.737. The largest absolute Gasteiger partial charge is 0.340 e. The van der Waals surface area contributed by atoms with E-state index in [0.717, 1.165) is 40.1 Å². The molecular formula is C23H19N7. The van der Waals surface area contributed by atoms with Gasteiger partial charge >= 0.3 is 0 Å². The van der Waals surface area contributed by atoms with Crippen LogP contribution in [-0.2, 0) is 6.54 Å². The van der Waals surface area contributed by atoms with E-state index >= 15 is 0 Å². The van der Waals surface area contributed by atoms with Crippen molar-refractivity contribution in [1.82, 2.24) is 29.9 Å². The van der Waals surface area contributed by atoms with Crippen molar-refractivity contribution < 1.29 is 0 Å². The molecule has 0 aliphatic rings. The van der Waals surface area contributed by atoms with Gasteiger partial charge in [-0.25, -0.2) is 9.97 Å². The number of aromatic nitrogens is 6.